The number of sulfonamides is 2. The van der Waals surface area contributed by atoms with Crippen LogP contribution < -0.4 is 9.04 Å². The highest BCUT2D eigenvalue weighted by Crippen LogP contribution is 2.34. The van der Waals surface area contributed by atoms with Crippen molar-refractivity contribution in [1.82, 2.24) is 9.21 Å². The van der Waals surface area contributed by atoms with Gasteiger partial charge in [0.1, 0.15) is 10.6 Å². The highest BCUT2D eigenvalue weighted by atomic mass is 32.2. The van der Waals surface area contributed by atoms with Gasteiger partial charge in [0.25, 0.3) is 0 Å². The van der Waals surface area contributed by atoms with Crippen molar-refractivity contribution in [2.24, 2.45) is 0 Å². The van der Waals surface area contributed by atoms with E-state index in [1.54, 1.807) is 6.92 Å². The van der Waals surface area contributed by atoms with E-state index in [0.29, 0.717) is 30.5 Å². The topological polar surface area (TPSA) is 104 Å². The average Bonchev–Trinajstić information content (AvgIpc) is 2.89. The van der Waals surface area contributed by atoms with Gasteiger partial charge in [0, 0.05) is 32.6 Å². The Kier molecular flexibility index (Phi) is 5.48. The molecule has 2 fully saturated rings. The van der Waals surface area contributed by atoms with Gasteiger partial charge in [-0.25, -0.2) is 21.1 Å². The minimum absolute atomic E-state index is 0.0219. The molecule has 2 saturated heterocycles. The first-order chi connectivity index (χ1) is 12.7. The molecule has 0 saturated carbocycles. The monoisotopic (exact) mass is 417 g/mol. The number of rotatable bonds is 5. The molecule has 2 aliphatic heterocycles. The summed E-state index contributed by atoms with van der Waals surface area (Å²) in [6, 6.07) is 4.02. The van der Waals surface area contributed by atoms with Crippen LogP contribution in [0.1, 0.15) is 13.3 Å². The zero-order valence-corrected chi connectivity index (χ0v) is 16.9. The van der Waals surface area contributed by atoms with Crippen molar-refractivity contribution >= 4 is 31.6 Å². The zero-order valence-electron chi connectivity index (χ0n) is 15.3. The maximum Gasteiger partial charge on any atom is 0.246 e. The minimum Gasteiger partial charge on any atom is -0.492 e. The first-order valence-electron chi connectivity index (χ1n) is 8.68. The maximum absolute atomic E-state index is 13.2. The van der Waals surface area contributed by atoms with E-state index in [9.17, 15) is 21.6 Å². The van der Waals surface area contributed by atoms with Crippen molar-refractivity contribution in [3.8, 4) is 5.75 Å². The fourth-order valence-corrected chi connectivity index (χ4v) is 6.16. The maximum atomic E-state index is 13.2. The largest absolute Gasteiger partial charge is 0.492 e. The number of nitrogens with zero attached hydrogens (tertiary/aromatic N) is 3. The smallest absolute Gasteiger partial charge is 0.246 e. The van der Waals surface area contributed by atoms with Crippen LogP contribution in [-0.4, -0.2) is 77.5 Å². The molecular formula is C16H23N3O6S2. The number of benzene rings is 1. The lowest BCUT2D eigenvalue weighted by molar-refractivity contribution is -0.116. The third-order valence-corrected chi connectivity index (χ3v) is 8.23. The predicted octanol–water partition coefficient (Wildman–Crippen LogP) is 0.0879. The Hall–Kier alpha value is -1.69. The Balaban J connectivity index is 2.06. The van der Waals surface area contributed by atoms with E-state index >= 15 is 0 Å². The van der Waals surface area contributed by atoms with Crippen LogP contribution in [0.5, 0.6) is 5.75 Å². The summed E-state index contributed by atoms with van der Waals surface area (Å²) >= 11 is 0. The molecule has 0 spiro atoms. The number of hydrogen-bond donors (Lipinski definition) is 0. The van der Waals surface area contributed by atoms with Crippen LogP contribution in [0.15, 0.2) is 23.1 Å². The van der Waals surface area contributed by atoms with E-state index < -0.39 is 26.0 Å². The van der Waals surface area contributed by atoms with Gasteiger partial charge in [-0.3, -0.25) is 4.79 Å². The van der Waals surface area contributed by atoms with E-state index in [1.165, 1.54) is 22.5 Å². The molecule has 1 aromatic carbocycles. The van der Waals surface area contributed by atoms with Crippen molar-refractivity contribution in [2.45, 2.75) is 18.2 Å². The van der Waals surface area contributed by atoms with Crippen molar-refractivity contribution in [1.29, 1.82) is 0 Å². The fourth-order valence-electron chi connectivity index (χ4n) is 3.14. The van der Waals surface area contributed by atoms with Crippen LogP contribution in [0.25, 0.3) is 0 Å². The van der Waals surface area contributed by atoms with Crippen LogP contribution in [0.2, 0.25) is 0 Å². The minimum atomic E-state index is -3.90. The molecule has 11 heteroatoms. The van der Waals surface area contributed by atoms with Gasteiger partial charge in [-0.2, -0.15) is 4.31 Å². The molecule has 0 bridgehead atoms. The number of likely N-dealkylation sites (N-methyl/N-ethyl adjacent to an activating group) is 1. The van der Waals surface area contributed by atoms with Crippen molar-refractivity contribution in [3.63, 3.8) is 0 Å². The number of ether oxygens (including phenoxy) is 1. The fraction of sp³-hybridized carbons (Fsp3) is 0.562. The molecule has 0 N–H and O–H groups in total. The Morgan fingerprint density at radius 3 is 2.37 bits per heavy atom. The summed E-state index contributed by atoms with van der Waals surface area (Å²) in [7, 11) is -5.76. The second-order valence-electron chi connectivity index (χ2n) is 6.50. The summed E-state index contributed by atoms with van der Waals surface area (Å²) in [4.78, 5) is 14.0. The number of hydrogen-bond acceptors (Lipinski definition) is 7. The van der Waals surface area contributed by atoms with E-state index in [2.05, 4.69) is 0 Å². The highest BCUT2D eigenvalue weighted by Gasteiger charge is 2.38. The number of anilines is 1. The van der Waals surface area contributed by atoms with Gasteiger partial charge < -0.3 is 9.64 Å². The molecule has 0 aromatic heterocycles. The first-order valence-corrected chi connectivity index (χ1v) is 11.7. The van der Waals surface area contributed by atoms with E-state index in [1.807, 2.05) is 11.9 Å². The molecule has 1 aromatic rings. The standard InChI is InChI=1S/C16H23N3O6S2/c1-3-25-14-5-4-13(19-16(20)6-11-26(19,21)22)12-15(14)27(23,24)18-9-7-17(2)8-10-18/h4-5,12H,3,6-11H2,1-2H3. The van der Waals surface area contributed by atoms with Gasteiger partial charge in [-0.15, -0.1) is 0 Å². The molecule has 27 heavy (non-hydrogen) atoms. The van der Waals surface area contributed by atoms with Gasteiger partial charge in [0.15, 0.2) is 0 Å². The predicted molar refractivity (Wildman–Crippen MR) is 99.8 cm³/mol. The Bertz CT molecular complexity index is 937. The number of carbonyl (C=O) groups excluding carboxylic acids is 1. The lowest BCUT2D eigenvalue weighted by Gasteiger charge is -2.32. The van der Waals surface area contributed by atoms with Crippen LogP contribution in [-0.2, 0) is 24.8 Å². The molecule has 0 unspecified atom stereocenters. The molecule has 2 heterocycles. The zero-order chi connectivity index (χ0) is 19.8. The van der Waals surface area contributed by atoms with E-state index in [4.69, 9.17) is 4.74 Å². The lowest BCUT2D eigenvalue weighted by Crippen LogP contribution is -2.47. The number of amides is 1. The molecule has 0 atom stereocenters. The van der Waals surface area contributed by atoms with E-state index in [-0.39, 0.29) is 35.1 Å². The highest BCUT2D eigenvalue weighted by molar-refractivity contribution is 7.94. The Morgan fingerprint density at radius 2 is 1.81 bits per heavy atom. The summed E-state index contributed by atoms with van der Waals surface area (Å²) in [5.41, 5.74) is 0.0219. The quantitative estimate of drug-likeness (QED) is 0.669. The van der Waals surface area contributed by atoms with Crippen LogP contribution in [0.3, 0.4) is 0 Å². The SMILES string of the molecule is CCOc1ccc(N2C(=O)CCS2(=O)=O)cc1S(=O)(=O)N1CCN(C)CC1. The van der Waals surface area contributed by atoms with Gasteiger partial charge >= 0.3 is 0 Å². The van der Waals surface area contributed by atoms with Gasteiger partial charge in [0.05, 0.1) is 18.0 Å². The Morgan fingerprint density at radius 1 is 1.15 bits per heavy atom. The second kappa shape index (κ2) is 7.38. The summed E-state index contributed by atoms with van der Waals surface area (Å²) in [6.07, 6.45) is -0.115. The molecular weight excluding hydrogens is 394 g/mol. The molecule has 0 radical (unpaired) electrons. The third kappa shape index (κ3) is 3.82. The third-order valence-electron chi connectivity index (χ3n) is 4.62. The Labute approximate surface area is 159 Å². The lowest BCUT2D eigenvalue weighted by atomic mass is 10.3. The normalized spacial score (nSPS) is 21.6. The molecule has 0 aliphatic carbocycles. The number of carbonyl (C=O) groups is 1. The second-order valence-corrected chi connectivity index (χ2v) is 10.3. The van der Waals surface area contributed by atoms with Gasteiger partial charge in [0.2, 0.25) is 26.0 Å². The molecule has 1 amide bonds. The molecule has 150 valence electrons. The van der Waals surface area contributed by atoms with Crippen LogP contribution in [0, 0.1) is 0 Å². The summed E-state index contributed by atoms with van der Waals surface area (Å²) < 4.78 is 58.2. The summed E-state index contributed by atoms with van der Waals surface area (Å²) in [6.45, 7) is 3.84. The van der Waals surface area contributed by atoms with Gasteiger partial charge in [-0.1, -0.05) is 0 Å². The molecule has 2 aliphatic rings. The summed E-state index contributed by atoms with van der Waals surface area (Å²) in [5.74, 6) is -0.703. The van der Waals surface area contributed by atoms with Gasteiger partial charge in [-0.05, 0) is 32.2 Å². The molecule has 3 rings (SSSR count). The summed E-state index contributed by atoms with van der Waals surface area (Å²) in [5, 5.41) is 0. The average molecular weight is 418 g/mol. The molecule has 9 nitrogen and oxygen atoms in total. The van der Waals surface area contributed by atoms with Crippen LogP contribution in [0.4, 0.5) is 5.69 Å². The van der Waals surface area contributed by atoms with Crippen molar-refractivity contribution < 1.29 is 26.4 Å². The van der Waals surface area contributed by atoms with E-state index in [0.717, 1.165) is 0 Å². The van der Waals surface area contributed by atoms with Crippen molar-refractivity contribution in [2.75, 3.05) is 49.9 Å². The van der Waals surface area contributed by atoms with Crippen molar-refractivity contribution in [3.05, 3.63) is 18.2 Å². The first kappa shape index (κ1) is 20.1. The van der Waals surface area contributed by atoms with Crippen LogP contribution >= 0.6 is 0 Å². The number of piperazine rings is 1.